The van der Waals surface area contributed by atoms with Crippen LogP contribution in [0.4, 0.5) is 11.4 Å². The van der Waals surface area contributed by atoms with E-state index in [2.05, 4.69) is 39.5 Å². The molecule has 1 unspecified atom stereocenters. The number of anilines is 2. The quantitative estimate of drug-likeness (QED) is 0.716. The van der Waals surface area contributed by atoms with Crippen molar-refractivity contribution in [3.8, 4) is 11.3 Å². The number of benzene rings is 2. The Balaban J connectivity index is 1.46. The van der Waals surface area contributed by atoms with Gasteiger partial charge < -0.3 is 15.4 Å². The van der Waals surface area contributed by atoms with E-state index < -0.39 is 0 Å². The number of hydrogen-bond donors (Lipinski definition) is 1. The third kappa shape index (κ3) is 3.66. The second kappa shape index (κ2) is 7.35. The standard InChI is InChI=1S/C19H20ClN5O/c20-18-7-6-14(21)10-17(18)19-13-25(23-22-19)12-16-11-24(8-9-26-16)15-4-2-1-3-5-15/h1-7,10,13,16H,8-9,11-12,21H2. The van der Waals surface area contributed by atoms with E-state index in [1.54, 1.807) is 16.8 Å². The van der Waals surface area contributed by atoms with Crippen molar-refractivity contribution in [3.05, 3.63) is 59.8 Å². The van der Waals surface area contributed by atoms with Crippen LogP contribution in [0.25, 0.3) is 11.3 Å². The highest BCUT2D eigenvalue weighted by Gasteiger charge is 2.22. The molecule has 2 heterocycles. The summed E-state index contributed by atoms with van der Waals surface area (Å²) >= 11 is 6.25. The van der Waals surface area contributed by atoms with Crippen LogP contribution in [0.1, 0.15) is 0 Å². The Morgan fingerprint density at radius 2 is 2.04 bits per heavy atom. The lowest BCUT2D eigenvalue weighted by Crippen LogP contribution is -2.44. The molecule has 2 aromatic carbocycles. The van der Waals surface area contributed by atoms with Crippen LogP contribution in [0.15, 0.2) is 54.7 Å². The average molecular weight is 370 g/mol. The SMILES string of the molecule is Nc1ccc(Cl)c(-c2cn(CC3CN(c4ccccc4)CCO3)nn2)c1. The lowest BCUT2D eigenvalue weighted by Gasteiger charge is -2.34. The minimum absolute atomic E-state index is 0.0508. The molecule has 0 saturated carbocycles. The maximum Gasteiger partial charge on any atom is 0.114 e. The van der Waals surface area contributed by atoms with Crippen LogP contribution in [-0.4, -0.2) is 40.8 Å². The summed E-state index contributed by atoms with van der Waals surface area (Å²) < 4.78 is 7.71. The molecule has 6 nitrogen and oxygen atoms in total. The van der Waals surface area contributed by atoms with Crippen molar-refractivity contribution >= 4 is 23.0 Å². The van der Waals surface area contributed by atoms with Gasteiger partial charge in [-0.2, -0.15) is 0 Å². The van der Waals surface area contributed by atoms with Crippen LogP contribution in [0.2, 0.25) is 5.02 Å². The number of morpholine rings is 1. The van der Waals surface area contributed by atoms with Gasteiger partial charge in [0.25, 0.3) is 0 Å². The van der Waals surface area contributed by atoms with Gasteiger partial charge in [-0.3, -0.25) is 0 Å². The van der Waals surface area contributed by atoms with E-state index in [1.165, 1.54) is 5.69 Å². The molecule has 0 aliphatic carbocycles. The second-order valence-electron chi connectivity index (χ2n) is 6.34. The maximum absolute atomic E-state index is 6.25. The third-order valence-electron chi connectivity index (χ3n) is 4.46. The van der Waals surface area contributed by atoms with Gasteiger partial charge in [0.2, 0.25) is 0 Å². The summed E-state index contributed by atoms with van der Waals surface area (Å²) in [6.07, 6.45) is 1.93. The van der Waals surface area contributed by atoms with Crippen LogP contribution in [-0.2, 0) is 11.3 Å². The Bertz CT molecular complexity index is 883. The van der Waals surface area contributed by atoms with Gasteiger partial charge >= 0.3 is 0 Å². The van der Waals surface area contributed by atoms with Gasteiger partial charge in [-0.05, 0) is 30.3 Å². The molecule has 0 spiro atoms. The van der Waals surface area contributed by atoms with Crippen molar-refractivity contribution in [3.63, 3.8) is 0 Å². The molecule has 4 rings (SSSR count). The number of nitrogens with zero attached hydrogens (tertiary/aromatic N) is 4. The van der Waals surface area contributed by atoms with Crippen molar-refractivity contribution in [1.82, 2.24) is 15.0 Å². The molecule has 1 atom stereocenters. The molecule has 3 aromatic rings. The van der Waals surface area contributed by atoms with Crippen molar-refractivity contribution < 1.29 is 4.74 Å². The van der Waals surface area contributed by atoms with Crippen LogP contribution in [0, 0.1) is 0 Å². The number of aromatic nitrogens is 3. The molecule has 0 bridgehead atoms. The van der Waals surface area contributed by atoms with Gasteiger partial charge in [-0.15, -0.1) is 5.10 Å². The summed E-state index contributed by atoms with van der Waals surface area (Å²) in [5, 5.41) is 9.07. The molecular weight excluding hydrogens is 350 g/mol. The lowest BCUT2D eigenvalue weighted by atomic mass is 10.1. The number of nitrogen functional groups attached to an aromatic ring is 1. The maximum atomic E-state index is 6.25. The predicted molar refractivity (Wildman–Crippen MR) is 103 cm³/mol. The molecule has 1 saturated heterocycles. The highest BCUT2D eigenvalue weighted by molar-refractivity contribution is 6.33. The Kier molecular flexibility index (Phi) is 4.77. The minimum Gasteiger partial charge on any atom is -0.399 e. The largest absolute Gasteiger partial charge is 0.399 e. The normalized spacial score (nSPS) is 17.4. The van der Waals surface area contributed by atoms with E-state index in [0.717, 1.165) is 18.7 Å². The second-order valence-corrected chi connectivity index (χ2v) is 6.75. The fourth-order valence-corrected chi connectivity index (χ4v) is 3.38. The fraction of sp³-hybridized carbons (Fsp3) is 0.263. The predicted octanol–water partition coefficient (Wildman–Crippen LogP) is 3.09. The summed E-state index contributed by atoms with van der Waals surface area (Å²) in [5.74, 6) is 0. The van der Waals surface area contributed by atoms with Gasteiger partial charge in [-0.1, -0.05) is 35.0 Å². The molecule has 0 amide bonds. The van der Waals surface area contributed by atoms with Crippen LogP contribution in [0.5, 0.6) is 0 Å². The number of rotatable bonds is 4. The Labute approximate surface area is 157 Å². The molecule has 0 radical (unpaired) electrons. The number of nitrogens with two attached hydrogens (primary N) is 1. The van der Waals surface area contributed by atoms with E-state index in [1.807, 2.05) is 18.3 Å². The summed E-state index contributed by atoms with van der Waals surface area (Å²) in [5.41, 5.74) is 9.21. The first kappa shape index (κ1) is 16.9. The summed E-state index contributed by atoms with van der Waals surface area (Å²) in [6.45, 7) is 3.04. The van der Waals surface area contributed by atoms with Gasteiger partial charge in [-0.25, -0.2) is 4.68 Å². The van der Waals surface area contributed by atoms with Crippen LogP contribution in [0.3, 0.4) is 0 Å². The van der Waals surface area contributed by atoms with E-state index >= 15 is 0 Å². The summed E-state index contributed by atoms with van der Waals surface area (Å²) in [7, 11) is 0. The number of hydrogen-bond acceptors (Lipinski definition) is 5. The highest BCUT2D eigenvalue weighted by atomic mass is 35.5. The zero-order valence-corrected chi connectivity index (χ0v) is 15.0. The highest BCUT2D eigenvalue weighted by Crippen LogP contribution is 2.28. The molecule has 7 heteroatoms. The Hall–Kier alpha value is -2.57. The molecule has 134 valence electrons. The van der Waals surface area contributed by atoms with Gasteiger partial charge in [0.05, 0.1) is 30.5 Å². The van der Waals surface area contributed by atoms with Gasteiger partial charge in [0.15, 0.2) is 0 Å². The van der Waals surface area contributed by atoms with E-state index in [4.69, 9.17) is 22.1 Å². The lowest BCUT2D eigenvalue weighted by molar-refractivity contribution is 0.0271. The smallest absolute Gasteiger partial charge is 0.114 e. The summed E-state index contributed by atoms with van der Waals surface area (Å²) in [4.78, 5) is 2.33. The van der Waals surface area contributed by atoms with E-state index in [9.17, 15) is 0 Å². The Morgan fingerprint density at radius 1 is 1.19 bits per heavy atom. The van der Waals surface area contributed by atoms with Crippen LogP contribution < -0.4 is 10.6 Å². The van der Waals surface area contributed by atoms with Crippen molar-refractivity contribution in [2.45, 2.75) is 12.6 Å². The number of para-hydroxylation sites is 1. The van der Waals surface area contributed by atoms with Crippen molar-refractivity contribution in [2.75, 3.05) is 30.3 Å². The van der Waals surface area contributed by atoms with Crippen LogP contribution >= 0.6 is 11.6 Å². The minimum atomic E-state index is 0.0508. The third-order valence-corrected chi connectivity index (χ3v) is 4.79. The molecule has 2 N–H and O–H groups in total. The first-order valence-electron chi connectivity index (χ1n) is 8.56. The molecule has 1 aliphatic rings. The zero-order valence-electron chi connectivity index (χ0n) is 14.3. The van der Waals surface area contributed by atoms with Gasteiger partial charge in [0, 0.05) is 30.0 Å². The number of ether oxygens (including phenoxy) is 1. The molecule has 26 heavy (non-hydrogen) atoms. The first-order valence-corrected chi connectivity index (χ1v) is 8.94. The van der Waals surface area contributed by atoms with E-state index in [0.29, 0.717) is 29.6 Å². The van der Waals surface area contributed by atoms with Gasteiger partial charge in [0.1, 0.15) is 5.69 Å². The molecule has 1 aromatic heterocycles. The number of halogens is 1. The molecule has 1 fully saturated rings. The van der Waals surface area contributed by atoms with Crippen molar-refractivity contribution in [1.29, 1.82) is 0 Å². The Morgan fingerprint density at radius 3 is 2.88 bits per heavy atom. The molecule has 1 aliphatic heterocycles. The van der Waals surface area contributed by atoms with Crippen molar-refractivity contribution in [2.24, 2.45) is 0 Å². The summed E-state index contributed by atoms with van der Waals surface area (Å²) in [6, 6.07) is 15.7. The fourth-order valence-electron chi connectivity index (χ4n) is 3.16. The topological polar surface area (TPSA) is 69.2 Å². The zero-order chi connectivity index (χ0) is 17.9. The van der Waals surface area contributed by atoms with E-state index in [-0.39, 0.29) is 6.10 Å². The monoisotopic (exact) mass is 369 g/mol. The molecular formula is C19H20ClN5O. The first-order chi connectivity index (χ1) is 12.7. The average Bonchev–Trinajstić information content (AvgIpc) is 3.13.